The van der Waals surface area contributed by atoms with Crippen LogP contribution in [0.25, 0.3) is 22.4 Å². The van der Waals surface area contributed by atoms with Crippen LogP contribution in [0.15, 0.2) is 59.3 Å². The van der Waals surface area contributed by atoms with Gasteiger partial charge in [-0.25, -0.2) is 4.79 Å². The number of aromatic amines is 1. The Morgan fingerprint density at radius 3 is 2.57 bits per heavy atom. The van der Waals surface area contributed by atoms with Gasteiger partial charge in [0.15, 0.2) is 11.9 Å². The normalized spacial score (nSPS) is 12.1. The van der Waals surface area contributed by atoms with Gasteiger partial charge >= 0.3 is 5.97 Å². The van der Waals surface area contributed by atoms with Gasteiger partial charge in [-0.1, -0.05) is 23.4 Å². The zero-order valence-electron chi connectivity index (χ0n) is 15.3. The lowest BCUT2D eigenvalue weighted by atomic mass is 10.1. The first-order valence-electron chi connectivity index (χ1n) is 8.75. The van der Waals surface area contributed by atoms with Crippen molar-refractivity contribution in [3.05, 3.63) is 71.7 Å². The monoisotopic (exact) mass is 375 g/mol. The highest BCUT2D eigenvalue weighted by atomic mass is 16.5. The minimum atomic E-state index is -0.912. The molecule has 0 bridgehead atoms. The Hall–Kier alpha value is -3.74. The fraction of sp³-hybridized carbons (Fsp3) is 0.143. The molecule has 0 aliphatic rings. The highest BCUT2D eigenvalue weighted by Crippen LogP contribution is 2.21. The van der Waals surface area contributed by atoms with Crippen molar-refractivity contribution < 1.29 is 18.8 Å². The summed E-state index contributed by atoms with van der Waals surface area (Å²) in [5.41, 5.74) is 2.38. The van der Waals surface area contributed by atoms with Gasteiger partial charge in [-0.3, -0.25) is 4.79 Å². The Kier molecular flexibility index (Phi) is 4.49. The number of hydrogen-bond donors (Lipinski definition) is 1. The summed E-state index contributed by atoms with van der Waals surface area (Å²) in [7, 11) is 0. The lowest BCUT2D eigenvalue weighted by Gasteiger charge is -2.12. The van der Waals surface area contributed by atoms with Crippen LogP contribution in [0, 0.1) is 6.92 Å². The Morgan fingerprint density at radius 1 is 1.11 bits per heavy atom. The Morgan fingerprint density at radius 2 is 1.86 bits per heavy atom. The predicted molar refractivity (Wildman–Crippen MR) is 102 cm³/mol. The molecular weight excluding hydrogens is 358 g/mol. The molecule has 0 spiro atoms. The molecule has 1 unspecified atom stereocenters. The summed E-state index contributed by atoms with van der Waals surface area (Å²) >= 11 is 0. The van der Waals surface area contributed by atoms with Gasteiger partial charge < -0.3 is 14.2 Å². The van der Waals surface area contributed by atoms with Gasteiger partial charge in [0, 0.05) is 28.2 Å². The third kappa shape index (κ3) is 3.29. The van der Waals surface area contributed by atoms with Crippen LogP contribution in [0.5, 0.6) is 0 Å². The van der Waals surface area contributed by atoms with Gasteiger partial charge in [-0.05, 0) is 44.2 Å². The summed E-state index contributed by atoms with van der Waals surface area (Å²) in [5.74, 6) is 0.0705. The fourth-order valence-corrected chi connectivity index (χ4v) is 2.94. The maximum atomic E-state index is 12.7. The summed E-state index contributed by atoms with van der Waals surface area (Å²) in [6, 6.07) is 14.1. The molecule has 1 atom stereocenters. The van der Waals surface area contributed by atoms with E-state index in [4.69, 9.17) is 9.26 Å². The molecule has 0 radical (unpaired) electrons. The van der Waals surface area contributed by atoms with E-state index < -0.39 is 12.1 Å². The highest BCUT2D eigenvalue weighted by molar-refractivity contribution is 6.10. The van der Waals surface area contributed by atoms with E-state index in [1.54, 1.807) is 44.3 Å². The molecule has 140 valence electrons. The molecule has 4 aromatic rings. The largest absolute Gasteiger partial charge is 0.451 e. The number of H-pyrrole nitrogens is 1. The number of aromatic nitrogens is 3. The van der Waals surface area contributed by atoms with Crippen LogP contribution >= 0.6 is 0 Å². The molecular formula is C21H17N3O4. The van der Waals surface area contributed by atoms with Crippen LogP contribution in [0.4, 0.5) is 0 Å². The molecule has 2 aromatic heterocycles. The second-order valence-corrected chi connectivity index (χ2v) is 6.38. The molecule has 0 saturated carbocycles. The average Bonchev–Trinajstić information content (AvgIpc) is 3.34. The van der Waals surface area contributed by atoms with Crippen LogP contribution in [0.1, 0.15) is 33.5 Å². The average molecular weight is 375 g/mol. The molecule has 0 saturated heterocycles. The first-order valence-corrected chi connectivity index (χ1v) is 8.75. The standard InChI is InChI=1S/C21H17N3O4/c1-12(19(25)17-11-22-18-6-4-3-5-16(17)18)27-21(26)15-9-7-14(8-10-15)20-23-13(2)24-28-20/h3-12,22H,1-2H3. The van der Waals surface area contributed by atoms with Gasteiger partial charge in [-0.2, -0.15) is 4.98 Å². The van der Waals surface area contributed by atoms with Crippen LogP contribution in [-0.2, 0) is 4.74 Å². The summed E-state index contributed by atoms with van der Waals surface area (Å²) in [6.07, 6.45) is 0.725. The smallest absolute Gasteiger partial charge is 0.338 e. The van der Waals surface area contributed by atoms with Crippen LogP contribution in [0.2, 0.25) is 0 Å². The molecule has 4 rings (SSSR count). The van der Waals surface area contributed by atoms with Crippen molar-refractivity contribution >= 4 is 22.7 Å². The molecule has 0 aliphatic carbocycles. The van der Waals surface area contributed by atoms with Gasteiger partial charge in [0.2, 0.25) is 5.78 Å². The van der Waals surface area contributed by atoms with Gasteiger partial charge in [0.05, 0.1) is 5.56 Å². The van der Waals surface area contributed by atoms with E-state index in [1.807, 2.05) is 24.3 Å². The zero-order valence-corrected chi connectivity index (χ0v) is 15.3. The maximum Gasteiger partial charge on any atom is 0.338 e. The number of para-hydroxylation sites is 1. The summed E-state index contributed by atoms with van der Waals surface area (Å²) in [4.78, 5) is 32.3. The SMILES string of the molecule is Cc1noc(-c2ccc(C(=O)OC(C)C(=O)c3c[nH]c4ccccc34)cc2)n1. The van der Waals surface area contributed by atoms with Gasteiger partial charge in [0.1, 0.15) is 0 Å². The van der Waals surface area contributed by atoms with Crippen LogP contribution in [0.3, 0.4) is 0 Å². The number of ether oxygens (including phenoxy) is 1. The number of ketones is 1. The van der Waals surface area contributed by atoms with Crippen molar-refractivity contribution in [1.82, 2.24) is 15.1 Å². The third-order valence-corrected chi connectivity index (χ3v) is 4.40. The zero-order chi connectivity index (χ0) is 19.7. The van der Waals surface area contributed by atoms with Gasteiger partial charge in [-0.15, -0.1) is 0 Å². The fourth-order valence-electron chi connectivity index (χ4n) is 2.94. The molecule has 7 heteroatoms. The van der Waals surface area contributed by atoms with E-state index in [1.165, 1.54) is 0 Å². The van der Waals surface area contributed by atoms with Crippen molar-refractivity contribution in [3.63, 3.8) is 0 Å². The number of Topliss-reactive ketones (excluding diaryl/α,β-unsaturated/α-hetero) is 1. The number of hydrogen-bond acceptors (Lipinski definition) is 6. The van der Waals surface area contributed by atoms with Crippen LogP contribution in [-0.4, -0.2) is 33.0 Å². The van der Waals surface area contributed by atoms with E-state index in [0.29, 0.717) is 28.4 Å². The van der Waals surface area contributed by atoms with E-state index >= 15 is 0 Å². The number of rotatable bonds is 5. The molecule has 1 N–H and O–H groups in total. The Balaban J connectivity index is 1.47. The molecule has 28 heavy (non-hydrogen) atoms. The second kappa shape index (κ2) is 7.11. The quantitative estimate of drug-likeness (QED) is 0.419. The van der Waals surface area contributed by atoms with Crippen molar-refractivity contribution in [2.45, 2.75) is 20.0 Å². The number of carbonyl (C=O) groups excluding carboxylic acids is 2. The summed E-state index contributed by atoms with van der Waals surface area (Å²) in [6.45, 7) is 3.29. The molecule has 2 aromatic carbocycles. The third-order valence-electron chi connectivity index (χ3n) is 4.40. The van der Waals surface area contributed by atoms with Crippen molar-refractivity contribution in [2.24, 2.45) is 0 Å². The lowest BCUT2D eigenvalue weighted by molar-refractivity contribution is 0.0319. The Labute approximate surface area is 160 Å². The molecule has 0 amide bonds. The number of aryl methyl sites for hydroxylation is 1. The van der Waals surface area contributed by atoms with Crippen molar-refractivity contribution in [3.8, 4) is 11.5 Å². The molecule has 7 nitrogen and oxygen atoms in total. The molecule has 2 heterocycles. The summed E-state index contributed by atoms with van der Waals surface area (Å²) in [5, 5.41) is 4.54. The first kappa shape index (κ1) is 17.7. The number of fused-ring (bicyclic) bond motifs is 1. The maximum absolute atomic E-state index is 12.7. The number of esters is 1. The Bertz CT molecular complexity index is 1160. The second-order valence-electron chi connectivity index (χ2n) is 6.38. The van der Waals surface area contributed by atoms with E-state index in [9.17, 15) is 9.59 Å². The number of benzene rings is 2. The van der Waals surface area contributed by atoms with E-state index in [-0.39, 0.29) is 5.78 Å². The van der Waals surface area contributed by atoms with Gasteiger partial charge in [0.25, 0.3) is 5.89 Å². The van der Waals surface area contributed by atoms with Crippen molar-refractivity contribution in [1.29, 1.82) is 0 Å². The first-order chi connectivity index (χ1) is 13.5. The van der Waals surface area contributed by atoms with E-state index in [2.05, 4.69) is 15.1 Å². The van der Waals surface area contributed by atoms with Crippen molar-refractivity contribution in [2.75, 3.05) is 0 Å². The molecule has 0 fully saturated rings. The molecule has 0 aliphatic heterocycles. The lowest BCUT2D eigenvalue weighted by Crippen LogP contribution is -2.24. The van der Waals surface area contributed by atoms with E-state index in [0.717, 1.165) is 10.9 Å². The highest BCUT2D eigenvalue weighted by Gasteiger charge is 2.23. The summed E-state index contributed by atoms with van der Waals surface area (Å²) < 4.78 is 10.5. The number of nitrogens with one attached hydrogen (secondary N) is 1. The number of carbonyl (C=O) groups is 2. The van der Waals surface area contributed by atoms with Crippen LogP contribution < -0.4 is 0 Å². The topological polar surface area (TPSA) is 98.1 Å². The minimum Gasteiger partial charge on any atom is -0.451 e. The number of nitrogens with zero attached hydrogens (tertiary/aromatic N) is 2. The minimum absolute atomic E-state index is 0.260. The predicted octanol–water partition coefficient (Wildman–Crippen LogP) is 3.95.